The number of hydrogen-bond donors (Lipinski definition) is 0. The second-order valence-electron chi connectivity index (χ2n) is 14.5. The minimum atomic E-state index is 0.654. The molecule has 4 heterocycles. The Morgan fingerprint density at radius 1 is 0.298 bits per heavy atom. The van der Waals surface area contributed by atoms with E-state index >= 15 is 0 Å². The second-order valence-corrected chi connectivity index (χ2v) is 15.5. The zero-order valence-corrected chi connectivity index (χ0v) is 31.4. The molecule has 4 aromatic heterocycles. The number of aromatic nitrogens is 5. The molecule has 0 N–H and O–H groups in total. The van der Waals surface area contributed by atoms with Gasteiger partial charge in [0.15, 0.2) is 17.5 Å². The lowest BCUT2D eigenvalue weighted by Gasteiger charge is -2.10. The van der Waals surface area contributed by atoms with Gasteiger partial charge in [-0.1, -0.05) is 115 Å². The topological polar surface area (TPSA) is 48.5 Å². The van der Waals surface area contributed by atoms with Gasteiger partial charge in [0, 0.05) is 69.8 Å². The van der Waals surface area contributed by atoms with Crippen molar-refractivity contribution in [3.63, 3.8) is 0 Å². The molecule has 0 unspecified atom stereocenters. The Balaban J connectivity index is 1.07. The van der Waals surface area contributed by atoms with Crippen LogP contribution in [0, 0.1) is 0 Å². The van der Waals surface area contributed by atoms with E-state index in [1.165, 1.54) is 63.8 Å². The van der Waals surface area contributed by atoms with Crippen LogP contribution in [0.4, 0.5) is 0 Å². The largest absolute Gasteiger partial charge is 0.309 e. The summed E-state index contributed by atoms with van der Waals surface area (Å²) in [6.07, 6.45) is 0. The quantitative estimate of drug-likeness (QED) is 0.176. The van der Waals surface area contributed by atoms with Crippen LogP contribution in [0.1, 0.15) is 0 Å². The van der Waals surface area contributed by atoms with Crippen molar-refractivity contribution in [2.75, 3.05) is 0 Å². The monoisotopic (exact) mass is 745 g/mol. The van der Waals surface area contributed by atoms with Gasteiger partial charge in [-0.15, -0.1) is 11.3 Å². The van der Waals surface area contributed by atoms with Crippen LogP contribution in [0.5, 0.6) is 0 Å². The first-order valence-electron chi connectivity index (χ1n) is 19.1. The summed E-state index contributed by atoms with van der Waals surface area (Å²) < 4.78 is 7.31. The van der Waals surface area contributed by atoms with Gasteiger partial charge >= 0.3 is 0 Å². The summed E-state index contributed by atoms with van der Waals surface area (Å²) in [4.78, 5) is 15.0. The fourth-order valence-electron chi connectivity index (χ4n) is 8.55. The van der Waals surface area contributed by atoms with E-state index < -0.39 is 0 Å². The summed E-state index contributed by atoms with van der Waals surface area (Å²) in [7, 11) is 0. The van der Waals surface area contributed by atoms with Crippen molar-refractivity contribution < 1.29 is 0 Å². The highest BCUT2D eigenvalue weighted by atomic mass is 32.1. The van der Waals surface area contributed by atoms with E-state index in [-0.39, 0.29) is 0 Å². The van der Waals surface area contributed by atoms with Gasteiger partial charge in [0.05, 0.1) is 22.1 Å². The Morgan fingerprint density at radius 2 is 0.754 bits per heavy atom. The normalized spacial score (nSPS) is 11.9. The van der Waals surface area contributed by atoms with E-state index in [1.54, 1.807) is 0 Å². The van der Waals surface area contributed by atoms with E-state index in [1.807, 2.05) is 72.0 Å². The Labute approximate surface area is 331 Å². The molecule has 0 atom stereocenters. The van der Waals surface area contributed by atoms with Gasteiger partial charge in [-0.2, -0.15) is 0 Å². The van der Waals surface area contributed by atoms with E-state index in [0.29, 0.717) is 17.5 Å². The van der Waals surface area contributed by atoms with E-state index in [4.69, 9.17) is 15.0 Å². The van der Waals surface area contributed by atoms with Crippen molar-refractivity contribution >= 4 is 75.1 Å². The van der Waals surface area contributed by atoms with Crippen LogP contribution in [-0.2, 0) is 0 Å². The molecule has 0 aliphatic heterocycles. The standard InChI is InChI=1S/C51H31N5S/c1-4-14-32(15-5-1)49-52-50(33-16-6-2-7-17-33)54-51(53-49)34-24-26-47-41(28-34)42-29-36(25-27-48(42)57-47)56-44-23-13-11-21-38(44)40-30-45-39(31-46(40)56)37-20-10-12-22-43(37)55(45)35-18-8-3-9-19-35/h1-31H. The van der Waals surface area contributed by atoms with Gasteiger partial charge in [0.25, 0.3) is 0 Å². The van der Waals surface area contributed by atoms with Crippen LogP contribution in [0.2, 0.25) is 0 Å². The number of thiophene rings is 1. The van der Waals surface area contributed by atoms with E-state index in [9.17, 15) is 0 Å². The molecule has 0 aliphatic carbocycles. The van der Waals surface area contributed by atoms with Crippen molar-refractivity contribution in [1.82, 2.24) is 24.1 Å². The van der Waals surface area contributed by atoms with E-state index in [0.717, 1.165) is 28.1 Å². The third-order valence-electron chi connectivity index (χ3n) is 11.1. The summed E-state index contributed by atoms with van der Waals surface area (Å²) in [5.74, 6) is 1.97. The lowest BCUT2D eigenvalue weighted by atomic mass is 10.1. The molecule has 8 aromatic carbocycles. The lowest BCUT2D eigenvalue weighted by molar-refractivity contribution is 1.07. The number of benzene rings is 8. The first-order valence-corrected chi connectivity index (χ1v) is 19.9. The Kier molecular flexibility index (Phi) is 7.03. The van der Waals surface area contributed by atoms with Gasteiger partial charge in [-0.3, -0.25) is 0 Å². The molecule has 0 fully saturated rings. The summed E-state index contributed by atoms with van der Waals surface area (Å²) in [6.45, 7) is 0. The Hall–Kier alpha value is -7.41. The molecular weight excluding hydrogens is 715 g/mol. The van der Waals surface area contributed by atoms with Crippen molar-refractivity contribution in [2.24, 2.45) is 0 Å². The van der Waals surface area contributed by atoms with Crippen LogP contribution >= 0.6 is 11.3 Å². The highest BCUT2D eigenvalue weighted by Crippen LogP contribution is 2.42. The molecule has 57 heavy (non-hydrogen) atoms. The fourth-order valence-corrected chi connectivity index (χ4v) is 9.61. The Bertz CT molecular complexity index is 3450. The van der Waals surface area contributed by atoms with Crippen LogP contribution in [0.3, 0.4) is 0 Å². The Morgan fingerprint density at radius 3 is 1.33 bits per heavy atom. The first kappa shape index (κ1) is 31.9. The van der Waals surface area contributed by atoms with Crippen molar-refractivity contribution in [2.45, 2.75) is 0 Å². The first-order chi connectivity index (χ1) is 28.2. The maximum Gasteiger partial charge on any atom is 0.164 e. The SMILES string of the molecule is c1ccc(-c2nc(-c3ccccc3)nc(-c3ccc4sc5ccc(-n6c7ccccc7c7cc8c(cc76)c6ccccc6n8-c6ccccc6)cc5c4c3)n2)cc1. The van der Waals surface area contributed by atoms with E-state index in [2.05, 4.69) is 137 Å². The number of para-hydroxylation sites is 3. The van der Waals surface area contributed by atoms with Gasteiger partial charge in [0.2, 0.25) is 0 Å². The molecule has 0 spiro atoms. The number of fused-ring (bicyclic) bond motifs is 9. The van der Waals surface area contributed by atoms with Crippen LogP contribution in [0.15, 0.2) is 188 Å². The molecule has 0 bridgehead atoms. The highest BCUT2D eigenvalue weighted by molar-refractivity contribution is 7.25. The minimum absolute atomic E-state index is 0.654. The molecule has 0 saturated carbocycles. The second kappa shape index (κ2) is 12.6. The van der Waals surface area contributed by atoms with Gasteiger partial charge < -0.3 is 9.13 Å². The number of rotatable bonds is 5. The highest BCUT2D eigenvalue weighted by Gasteiger charge is 2.20. The molecule has 0 saturated heterocycles. The zero-order valence-electron chi connectivity index (χ0n) is 30.5. The predicted octanol–water partition coefficient (Wildman–Crippen LogP) is 13.4. The zero-order chi connectivity index (χ0) is 37.5. The number of nitrogens with zero attached hydrogens (tertiary/aromatic N) is 5. The van der Waals surface area contributed by atoms with Crippen LogP contribution in [-0.4, -0.2) is 24.1 Å². The van der Waals surface area contributed by atoms with Crippen molar-refractivity contribution in [1.29, 1.82) is 0 Å². The molecule has 6 heteroatoms. The van der Waals surface area contributed by atoms with Crippen molar-refractivity contribution in [3.05, 3.63) is 188 Å². The molecule has 12 aromatic rings. The fraction of sp³-hybridized carbons (Fsp3) is 0. The minimum Gasteiger partial charge on any atom is -0.309 e. The maximum absolute atomic E-state index is 5.04. The smallest absolute Gasteiger partial charge is 0.164 e. The molecule has 5 nitrogen and oxygen atoms in total. The van der Waals surface area contributed by atoms with Gasteiger partial charge in [-0.05, 0) is 72.8 Å². The average molecular weight is 746 g/mol. The molecule has 0 radical (unpaired) electrons. The third kappa shape index (κ3) is 5.04. The maximum atomic E-state index is 5.04. The summed E-state index contributed by atoms with van der Waals surface area (Å²) >= 11 is 1.82. The summed E-state index contributed by atoms with van der Waals surface area (Å²) in [5, 5.41) is 7.34. The van der Waals surface area contributed by atoms with Crippen LogP contribution < -0.4 is 0 Å². The molecule has 0 amide bonds. The van der Waals surface area contributed by atoms with Gasteiger partial charge in [0.1, 0.15) is 0 Å². The molecule has 12 rings (SSSR count). The average Bonchev–Trinajstić information content (AvgIpc) is 3.93. The lowest BCUT2D eigenvalue weighted by Crippen LogP contribution is -2.00. The van der Waals surface area contributed by atoms with Crippen LogP contribution in [0.25, 0.3) is 109 Å². The van der Waals surface area contributed by atoms with Gasteiger partial charge in [-0.25, -0.2) is 15.0 Å². The summed E-state index contributed by atoms with van der Waals surface area (Å²) in [5.41, 5.74) is 9.93. The number of hydrogen-bond acceptors (Lipinski definition) is 4. The molecule has 0 aliphatic rings. The molecule has 266 valence electrons. The molecular formula is C51H31N5S. The predicted molar refractivity (Wildman–Crippen MR) is 238 cm³/mol. The third-order valence-corrected chi connectivity index (χ3v) is 12.3. The van der Waals surface area contributed by atoms with Crippen molar-refractivity contribution in [3.8, 4) is 45.5 Å². The summed E-state index contributed by atoms with van der Waals surface area (Å²) in [6, 6.07) is 66.8.